The first-order valence-corrected chi connectivity index (χ1v) is 9.63. The average molecular weight is 385 g/mol. The number of anilines is 1. The van der Waals surface area contributed by atoms with Gasteiger partial charge in [0.05, 0.1) is 6.61 Å². The lowest BCUT2D eigenvalue weighted by Gasteiger charge is -2.11. The highest BCUT2D eigenvalue weighted by molar-refractivity contribution is 7.07. The van der Waals surface area contributed by atoms with Crippen molar-refractivity contribution < 1.29 is 9.53 Å². The first-order chi connectivity index (χ1) is 12.9. The first kappa shape index (κ1) is 20.5. The van der Waals surface area contributed by atoms with Gasteiger partial charge in [-0.05, 0) is 31.4 Å². The SMILES string of the molecule is CCOC(=O)/C(C#N)=c1\s/c(=C/Nc2ccccc2C(C)C)c(=O)n1CC. The molecule has 1 aromatic carbocycles. The standard InChI is InChI=1S/C20H23N3O3S/c1-5-23-18(24)17(27-19(23)15(11-21)20(25)26-6-2)12-22-16-10-8-7-9-14(16)13(3)4/h7-10,12-13,22H,5-6H2,1-4H3/b17-12+,19-15-. The minimum absolute atomic E-state index is 0.150. The van der Waals surface area contributed by atoms with Crippen LogP contribution in [0.5, 0.6) is 0 Å². The molecule has 0 atom stereocenters. The largest absolute Gasteiger partial charge is 0.462 e. The highest BCUT2D eigenvalue weighted by Crippen LogP contribution is 2.23. The van der Waals surface area contributed by atoms with Crippen molar-refractivity contribution in [3.63, 3.8) is 0 Å². The summed E-state index contributed by atoms with van der Waals surface area (Å²) in [6.07, 6.45) is 1.63. The fourth-order valence-corrected chi connectivity index (χ4v) is 3.73. The van der Waals surface area contributed by atoms with E-state index in [1.165, 1.54) is 4.57 Å². The second-order valence-corrected chi connectivity index (χ2v) is 7.09. The number of aromatic nitrogens is 1. The Labute approximate surface area is 162 Å². The molecule has 0 saturated heterocycles. The molecule has 7 heteroatoms. The molecule has 0 aliphatic rings. The topological polar surface area (TPSA) is 84.1 Å². The van der Waals surface area contributed by atoms with E-state index in [-0.39, 0.29) is 17.7 Å². The second kappa shape index (κ2) is 9.19. The molecule has 0 amide bonds. The molecular weight excluding hydrogens is 362 g/mol. The normalized spacial score (nSPS) is 12.7. The summed E-state index contributed by atoms with van der Waals surface area (Å²) in [6.45, 7) is 8.18. The van der Waals surface area contributed by atoms with Crippen LogP contribution in [0.2, 0.25) is 0 Å². The Balaban J connectivity index is 2.60. The quantitative estimate of drug-likeness (QED) is 0.770. The second-order valence-electron chi connectivity index (χ2n) is 6.06. The number of hydrogen-bond acceptors (Lipinski definition) is 6. The van der Waals surface area contributed by atoms with Crippen molar-refractivity contribution in [2.75, 3.05) is 11.9 Å². The zero-order chi connectivity index (χ0) is 20.0. The molecule has 1 heterocycles. The van der Waals surface area contributed by atoms with Crippen LogP contribution in [0.3, 0.4) is 0 Å². The van der Waals surface area contributed by atoms with Crippen LogP contribution >= 0.6 is 11.3 Å². The molecular formula is C20H23N3O3S. The number of carbonyl (C=O) groups is 1. The summed E-state index contributed by atoms with van der Waals surface area (Å²) < 4.78 is 7.09. The molecule has 0 aliphatic carbocycles. The van der Waals surface area contributed by atoms with E-state index in [9.17, 15) is 14.9 Å². The van der Waals surface area contributed by atoms with E-state index in [0.29, 0.717) is 21.7 Å². The summed E-state index contributed by atoms with van der Waals surface area (Å²) in [4.78, 5) is 24.7. The van der Waals surface area contributed by atoms with Crippen molar-refractivity contribution >= 4 is 34.8 Å². The number of rotatable bonds is 6. The number of nitrogens with one attached hydrogen (secondary N) is 1. The van der Waals surface area contributed by atoms with Gasteiger partial charge in [-0.3, -0.25) is 9.36 Å². The minimum atomic E-state index is -0.715. The summed E-state index contributed by atoms with van der Waals surface area (Å²) in [5.74, 6) is -0.385. The summed E-state index contributed by atoms with van der Waals surface area (Å²) in [5.41, 5.74) is 1.66. The van der Waals surface area contributed by atoms with Crippen LogP contribution in [0, 0.1) is 11.3 Å². The third-order valence-corrected chi connectivity index (χ3v) is 5.10. The smallest absolute Gasteiger partial charge is 0.351 e. The van der Waals surface area contributed by atoms with E-state index in [2.05, 4.69) is 19.2 Å². The zero-order valence-corrected chi connectivity index (χ0v) is 16.7. The van der Waals surface area contributed by atoms with E-state index in [4.69, 9.17) is 4.74 Å². The number of esters is 1. The molecule has 0 radical (unpaired) electrons. The van der Waals surface area contributed by atoms with Gasteiger partial charge in [0.1, 0.15) is 15.3 Å². The Kier molecular flexibility index (Phi) is 6.97. The van der Waals surface area contributed by atoms with E-state index in [0.717, 1.165) is 22.6 Å². The number of ether oxygens (including phenoxy) is 1. The molecule has 142 valence electrons. The third-order valence-electron chi connectivity index (χ3n) is 3.97. The van der Waals surface area contributed by atoms with Crippen LogP contribution < -0.4 is 20.1 Å². The molecule has 27 heavy (non-hydrogen) atoms. The first-order valence-electron chi connectivity index (χ1n) is 8.81. The monoisotopic (exact) mass is 385 g/mol. The fourth-order valence-electron chi connectivity index (χ4n) is 2.65. The maximum Gasteiger partial charge on any atom is 0.351 e. The maximum atomic E-state index is 12.7. The molecule has 0 unspecified atom stereocenters. The number of nitrogens with zero attached hydrogens (tertiary/aromatic N) is 2. The van der Waals surface area contributed by atoms with Crippen molar-refractivity contribution in [1.82, 2.24) is 4.57 Å². The summed E-state index contributed by atoms with van der Waals surface area (Å²) in [7, 11) is 0. The number of benzene rings is 1. The lowest BCUT2D eigenvalue weighted by molar-refractivity contribution is -0.136. The Morgan fingerprint density at radius 1 is 1.37 bits per heavy atom. The van der Waals surface area contributed by atoms with Gasteiger partial charge < -0.3 is 10.1 Å². The predicted octanol–water partition coefficient (Wildman–Crippen LogP) is 2.14. The van der Waals surface area contributed by atoms with Crippen molar-refractivity contribution in [2.24, 2.45) is 0 Å². The fraction of sp³-hybridized carbons (Fsp3) is 0.350. The Hall–Kier alpha value is -2.85. The lowest BCUT2D eigenvalue weighted by Crippen LogP contribution is -2.32. The lowest BCUT2D eigenvalue weighted by atomic mass is 10.0. The van der Waals surface area contributed by atoms with Crippen molar-refractivity contribution in [1.29, 1.82) is 5.26 Å². The Morgan fingerprint density at radius 2 is 2.07 bits per heavy atom. The van der Waals surface area contributed by atoms with Crippen LogP contribution in [0.15, 0.2) is 29.1 Å². The molecule has 0 spiro atoms. The van der Waals surface area contributed by atoms with Gasteiger partial charge in [-0.25, -0.2) is 4.79 Å². The molecule has 0 fully saturated rings. The molecule has 0 aliphatic heterocycles. The predicted molar refractivity (Wildman–Crippen MR) is 108 cm³/mol. The number of para-hydroxylation sites is 1. The average Bonchev–Trinajstić information content (AvgIpc) is 2.96. The highest BCUT2D eigenvalue weighted by atomic mass is 32.1. The summed E-state index contributed by atoms with van der Waals surface area (Å²) in [5, 5.41) is 12.6. The maximum absolute atomic E-state index is 12.7. The minimum Gasteiger partial charge on any atom is -0.462 e. The summed E-state index contributed by atoms with van der Waals surface area (Å²) in [6, 6.07) is 9.76. The van der Waals surface area contributed by atoms with Crippen molar-refractivity contribution in [3.8, 4) is 6.07 Å². The van der Waals surface area contributed by atoms with E-state index in [1.54, 1.807) is 20.0 Å². The van der Waals surface area contributed by atoms with Gasteiger partial charge in [0.25, 0.3) is 5.56 Å². The van der Waals surface area contributed by atoms with E-state index >= 15 is 0 Å². The van der Waals surface area contributed by atoms with Crippen molar-refractivity contribution in [2.45, 2.75) is 40.2 Å². The van der Waals surface area contributed by atoms with Gasteiger partial charge >= 0.3 is 5.97 Å². The van der Waals surface area contributed by atoms with Crippen molar-refractivity contribution in [3.05, 3.63) is 49.4 Å². The van der Waals surface area contributed by atoms with E-state index in [1.807, 2.05) is 30.3 Å². The highest BCUT2D eigenvalue weighted by Gasteiger charge is 2.16. The number of hydrogen-bond donors (Lipinski definition) is 1. The van der Waals surface area contributed by atoms with Crippen LogP contribution in [0.4, 0.5) is 5.69 Å². The van der Waals surface area contributed by atoms with Gasteiger partial charge in [0.15, 0.2) is 5.57 Å². The number of thiazole rings is 1. The van der Waals surface area contributed by atoms with Gasteiger partial charge in [0.2, 0.25) is 0 Å². The Bertz CT molecular complexity index is 1040. The summed E-state index contributed by atoms with van der Waals surface area (Å²) >= 11 is 1.10. The Morgan fingerprint density at radius 3 is 2.67 bits per heavy atom. The van der Waals surface area contributed by atoms with Crippen LogP contribution in [-0.4, -0.2) is 17.1 Å². The third kappa shape index (κ3) is 4.47. The molecule has 1 aromatic heterocycles. The number of nitriles is 1. The zero-order valence-electron chi connectivity index (χ0n) is 15.9. The molecule has 0 saturated carbocycles. The molecule has 2 rings (SSSR count). The van der Waals surface area contributed by atoms with Gasteiger partial charge in [-0.1, -0.05) is 32.0 Å². The van der Waals surface area contributed by atoms with Crippen LogP contribution in [0.1, 0.15) is 39.2 Å². The van der Waals surface area contributed by atoms with E-state index < -0.39 is 5.97 Å². The molecule has 1 N–H and O–H groups in total. The van der Waals surface area contributed by atoms with Gasteiger partial charge in [-0.15, -0.1) is 11.3 Å². The molecule has 6 nitrogen and oxygen atoms in total. The molecule has 0 bridgehead atoms. The van der Waals surface area contributed by atoms with Gasteiger partial charge in [0, 0.05) is 18.4 Å². The van der Waals surface area contributed by atoms with Crippen LogP contribution in [0.25, 0.3) is 11.8 Å². The molecule has 2 aromatic rings. The van der Waals surface area contributed by atoms with Crippen LogP contribution in [-0.2, 0) is 16.1 Å². The van der Waals surface area contributed by atoms with Gasteiger partial charge in [-0.2, -0.15) is 5.26 Å². The number of carbonyl (C=O) groups excluding carboxylic acids is 1.